The van der Waals surface area contributed by atoms with Gasteiger partial charge in [-0.1, -0.05) is 0 Å². The first-order valence-electron chi connectivity index (χ1n) is 5.79. The van der Waals surface area contributed by atoms with E-state index < -0.39 is 47.6 Å². The summed E-state index contributed by atoms with van der Waals surface area (Å²) in [5, 5.41) is 8.68. The Morgan fingerprint density at radius 3 is 2.39 bits per heavy atom. The Kier molecular flexibility index (Phi) is 4.05. The maximum absolute atomic E-state index is 12.9. The topological polar surface area (TPSA) is 72.3 Å². The summed E-state index contributed by atoms with van der Waals surface area (Å²) in [5.41, 5.74) is -3.49. The van der Waals surface area contributed by atoms with Crippen LogP contribution in [0.15, 0.2) is 18.3 Å². The molecule has 0 aliphatic carbocycles. The largest absolute Gasteiger partial charge is 0.478 e. The van der Waals surface area contributed by atoms with Crippen molar-refractivity contribution in [1.82, 2.24) is 9.97 Å². The molecule has 0 atom stereocenters. The van der Waals surface area contributed by atoms with Crippen molar-refractivity contribution in [1.29, 1.82) is 0 Å². The molecule has 0 aliphatic heterocycles. The van der Waals surface area contributed by atoms with Gasteiger partial charge in [-0.2, -0.15) is 26.3 Å². The summed E-state index contributed by atoms with van der Waals surface area (Å²) in [6.07, 6.45) is -8.87. The number of nitrogens with zero attached hydrogens (tertiary/aromatic N) is 2. The third kappa shape index (κ3) is 3.79. The van der Waals surface area contributed by atoms with E-state index in [0.717, 1.165) is 12.3 Å². The summed E-state index contributed by atoms with van der Waals surface area (Å²) in [7, 11) is 0. The lowest BCUT2D eigenvalue weighted by Gasteiger charge is -2.13. The van der Waals surface area contributed by atoms with Crippen LogP contribution in [0.5, 0.6) is 5.88 Å². The number of carboxylic acid groups (broad SMARTS) is 1. The van der Waals surface area contributed by atoms with Crippen molar-refractivity contribution < 1.29 is 41.0 Å². The molecule has 11 heteroatoms. The molecule has 5 nitrogen and oxygen atoms in total. The van der Waals surface area contributed by atoms with E-state index in [1.165, 1.54) is 0 Å². The second-order valence-electron chi connectivity index (χ2n) is 4.28. The highest BCUT2D eigenvalue weighted by Gasteiger charge is 2.38. The van der Waals surface area contributed by atoms with Gasteiger partial charge >= 0.3 is 18.3 Å². The Labute approximate surface area is 123 Å². The molecule has 23 heavy (non-hydrogen) atoms. The monoisotopic (exact) mass is 340 g/mol. The molecule has 0 amide bonds. The molecule has 0 radical (unpaired) electrons. The number of aromatic carboxylic acids is 1. The van der Waals surface area contributed by atoms with E-state index in [9.17, 15) is 31.1 Å². The van der Waals surface area contributed by atoms with Gasteiger partial charge in [-0.3, -0.25) is 0 Å². The predicted octanol–water partition coefficient (Wildman–Crippen LogP) is 3.29. The van der Waals surface area contributed by atoms with Gasteiger partial charge in [-0.15, -0.1) is 0 Å². The fourth-order valence-corrected chi connectivity index (χ4v) is 1.71. The normalized spacial score (nSPS) is 12.4. The van der Waals surface area contributed by atoms with Crippen molar-refractivity contribution >= 4 is 16.9 Å². The van der Waals surface area contributed by atoms with E-state index in [0.29, 0.717) is 6.07 Å². The van der Waals surface area contributed by atoms with Crippen molar-refractivity contribution in [2.24, 2.45) is 0 Å². The fraction of sp³-hybridized carbons (Fsp3) is 0.250. The second-order valence-corrected chi connectivity index (χ2v) is 4.28. The molecule has 0 aliphatic rings. The number of hydrogen-bond donors (Lipinski definition) is 1. The molecular formula is C12H6F6N2O3. The zero-order valence-corrected chi connectivity index (χ0v) is 10.9. The number of hydrogen-bond acceptors (Lipinski definition) is 4. The van der Waals surface area contributed by atoms with Crippen LogP contribution in [0.3, 0.4) is 0 Å². The van der Waals surface area contributed by atoms with Crippen molar-refractivity contribution in [3.63, 3.8) is 0 Å². The van der Waals surface area contributed by atoms with Crippen LogP contribution < -0.4 is 4.74 Å². The lowest BCUT2D eigenvalue weighted by atomic mass is 10.1. The van der Waals surface area contributed by atoms with Gasteiger partial charge in [0.05, 0.1) is 5.56 Å². The molecule has 124 valence electrons. The first kappa shape index (κ1) is 16.8. The highest BCUT2D eigenvalue weighted by molar-refractivity contribution is 5.95. The number of rotatable bonds is 3. The Morgan fingerprint density at radius 2 is 1.87 bits per heavy atom. The molecule has 1 N–H and O–H groups in total. The van der Waals surface area contributed by atoms with Crippen LogP contribution in [0.25, 0.3) is 10.9 Å². The van der Waals surface area contributed by atoms with Gasteiger partial charge < -0.3 is 9.84 Å². The van der Waals surface area contributed by atoms with Crippen molar-refractivity contribution in [2.45, 2.75) is 12.4 Å². The van der Waals surface area contributed by atoms with Crippen LogP contribution in [-0.2, 0) is 6.18 Å². The molecule has 2 heterocycles. The minimum absolute atomic E-state index is 0.150. The first-order valence-corrected chi connectivity index (χ1v) is 5.79. The number of ether oxygens (including phenoxy) is 1. The molecular weight excluding hydrogens is 334 g/mol. The molecule has 0 fully saturated rings. The van der Waals surface area contributed by atoms with Gasteiger partial charge in [0, 0.05) is 11.6 Å². The van der Waals surface area contributed by atoms with Crippen LogP contribution >= 0.6 is 0 Å². The Bertz CT molecular complexity index is 757. The smallest absolute Gasteiger partial charge is 0.434 e. The number of halogens is 6. The van der Waals surface area contributed by atoms with Gasteiger partial charge in [0.1, 0.15) is 5.52 Å². The maximum Gasteiger partial charge on any atom is 0.434 e. The molecule has 0 aromatic carbocycles. The molecule has 0 unspecified atom stereocenters. The van der Waals surface area contributed by atoms with E-state index in [2.05, 4.69) is 14.7 Å². The zero-order valence-electron chi connectivity index (χ0n) is 10.9. The van der Waals surface area contributed by atoms with Gasteiger partial charge in [0.15, 0.2) is 12.3 Å². The number of carboxylic acids is 1. The zero-order chi connectivity index (χ0) is 17.4. The summed E-state index contributed by atoms with van der Waals surface area (Å²) in [4.78, 5) is 17.4. The maximum atomic E-state index is 12.9. The Hall–Kier alpha value is -2.59. The number of fused-ring (bicyclic) bond motifs is 1. The number of alkyl halides is 6. The molecule has 2 aromatic rings. The average molecular weight is 340 g/mol. The summed E-state index contributed by atoms with van der Waals surface area (Å²) >= 11 is 0. The van der Waals surface area contributed by atoms with E-state index >= 15 is 0 Å². The summed E-state index contributed by atoms with van der Waals surface area (Å²) in [5.74, 6) is -2.65. The van der Waals surface area contributed by atoms with Crippen LogP contribution in [0.2, 0.25) is 0 Å². The summed E-state index contributed by atoms with van der Waals surface area (Å²) in [6, 6.07) is 1.75. The minimum Gasteiger partial charge on any atom is -0.478 e. The van der Waals surface area contributed by atoms with Crippen LogP contribution in [0.4, 0.5) is 26.3 Å². The fourth-order valence-electron chi connectivity index (χ4n) is 1.71. The second kappa shape index (κ2) is 5.56. The van der Waals surface area contributed by atoms with E-state index in [-0.39, 0.29) is 5.39 Å². The Morgan fingerprint density at radius 1 is 1.22 bits per heavy atom. The van der Waals surface area contributed by atoms with Gasteiger partial charge in [0.2, 0.25) is 5.88 Å². The highest BCUT2D eigenvalue weighted by atomic mass is 19.4. The quantitative estimate of drug-likeness (QED) is 0.868. The van der Waals surface area contributed by atoms with E-state index in [4.69, 9.17) is 5.11 Å². The number of carbonyl (C=O) groups is 1. The van der Waals surface area contributed by atoms with Crippen molar-refractivity contribution in [2.75, 3.05) is 6.61 Å². The third-order valence-corrected chi connectivity index (χ3v) is 2.57. The van der Waals surface area contributed by atoms with Crippen molar-refractivity contribution in [3.8, 4) is 5.88 Å². The first-order chi connectivity index (χ1) is 10.5. The molecule has 2 rings (SSSR count). The third-order valence-electron chi connectivity index (χ3n) is 2.57. The summed E-state index contributed by atoms with van der Waals surface area (Å²) < 4.78 is 79.4. The molecule has 0 saturated heterocycles. The SMILES string of the molecule is O=C(O)c1cc2ccnc(OCC(F)(F)F)c2nc1C(F)(F)F. The molecule has 0 bridgehead atoms. The predicted molar refractivity (Wildman–Crippen MR) is 63.0 cm³/mol. The summed E-state index contributed by atoms with van der Waals surface area (Å²) in [6.45, 7) is -1.77. The number of pyridine rings is 2. The van der Waals surface area contributed by atoms with Crippen molar-refractivity contribution in [3.05, 3.63) is 29.6 Å². The average Bonchev–Trinajstić information content (AvgIpc) is 2.41. The lowest BCUT2D eigenvalue weighted by molar-refractivity contribution is -0.154. The van der Waals surface area contributed by atoms with Crippen LogP contribution in [0.1, 0.15) is 16.1 Å². The van der Waals surface area contributed by atoms with Gasteiger partial charge in [-0.05, 0) is 12.1 Å². The highest BCUT2D eigenvalue weighted by Crippen LogP contribution is 2.34. The lowest BCUT2D eigenvalue weighted by Crippen LogP contribution is -2.20. The van der Waals surface area contributed by atoms with Gasteiger partial charge in [-0.25, -0.2) is 14.8 Å². The van der Waals surface area contributed by atoms with Crippen LogP contribution in [-0.4, -0.2) is 33.8 Å². The molecule has 0 saturated carbocycles. The molecule has 2 aromatic heterocycles. The van der Waals surface area contributed by atoms with Gasteiger partial charge in [0.25, 0.3) is 0 Å². The van der Waals surface area contributed by atoms with Crippen LogP contribution in [0, 0.1) is 0 Å². The minimum atomic E-state index is -5.11. The van der Waals surface area contributed by atoms with E-state index in [1.54, 1.807) is 0 Å². The molecule has 0 spiro atoms. The van der Waals surface area contributed by atoms with E-state index in [1.807, 2.05) is 0 Å². The Balaban J connectivity index is 2.62. The number of aromatic nitrogens is 2. The standard InChI is InChI=1S/C12H6F6N2O3/c13-11(14,15)4-23-9-7-5(1-2-19-9)3-6(10(21)22)8(20-7)12(16,17)18/h1-3H,4H2,(H,21,22).